The van der Waals surface area contributed by atoms with Gasteiger partial charge in [0.2, 0.25) is 23.6 Å². The van der Waals surface area contributed by atoms with Gasteiger partial charge in [0.1, 0.15) is 5.00 Å². The van der Waals surface area contributed by atoms with Gasteiger partial charge in [-0.25, -0.2) is 14.6 Å². The number of nitrogens with one attached hydrogen (secondary N) is 6. The van der Waals surface area contributed by atoms with Crippen molar-refractivity contribution in [1.29, 1.82) is 0 Å². The minimum Gasteiger partial charge on any atom is -0.356 e. The SMILES string of the molecule is Cc1cn(CCC(=O)NCCCCC(=O)Nc2ccc(/C=N/c3ccc(NC(=O)CCCCNC(=O)CCn4cc(C)c(=O)[nH]c4=O)s3)cc2)c(=O)[nH]c1=O. The third kappa shape index (κ3) is 14.3. The third-order valence-electron chi connectivity index (χ3n) is 8.23. The lowest BCUT2D eigenvalue weighted by molar-refractivity contribution is -0.122. The molecule has 1 aromatic carbocycles. The third-order valence-corrected chi connectivity index (χ3v) is 9.14. The first-order valence-electron chi connectivity index (χ1n) is 17.8. The molecule has 0 aliphatic rings. The van der Waals surface area contributed by atoms with Crippen molar-refractivity contribution in [1.82, 2.24) is 29.7 Å². The second kappa shape index (κ2) is 20.9. The molecule has 0 aliphatic heterocycles. The molecule has 55 heavy (non-hydrogen) atoms. The number of H-pyrrole nitrogens is 2. The number of unbranched alkanes of at least 4 members (excludes halogenated alkanes) is 2. The molecule has 18 heteroatoms. The van der Waals surface area contributed by atoms with Crippen LogP contribution >= 0.6 is 11.3 Å². The number of amides is 4. The van der Waals surface area contributed by atoms with Crippen molar-refractivity contribution in [2.45, 2.75) is 78.3 Å². The van der Waals surface area contributed by atoms with Crippen LogP contribution in [0.15, 0.2) is 73.0 Å². The van der Waals surface area contributed by atoms with Gasteiger partial charge in [0.25, 0.3) is 11.1 Å². The monoisotopic (exact) mass is 775 g/mol. The van der Waals surface area contributed by atoms with Crippen LogP contribution < -0.4 is 43.8 Å². The Morgan fingerprint density at radius 1 is 0.655 bits per heavy atom. The fraction of sp³-hybridized carbons (Fsp3) is 0.378. The van der Waals surface area contributed by atoms with Gasteiger partial charge < -0.3 is 21.3 Å². The zero-order valence-corrected chi connectivity index (χ0v) is 31.5. The summed E-state index contributed by atoms with van der Waals surface area (Å²) in [5.74, 6) is -0.749. The number of aryl methyl sites for hydroxylation is 4. The lowest BCUT2D eigenvalue weighted by Gasteiger charge is -2.08. The van der Waals surface area contributed by atoms with Crippen molar-refractivity contribution in [3.63, 3.8) is 0 Å². The highest BCUT2D eigenvalue weighted by Crippen LogP contribution is 2.29. The molecule has 0 spiro atoms. The maximum absolute atomic E-state index is 12.4. The maximum atomic E-state index is 12.4. The average Bonchev–Trinajstić information content (AvgIpc) is 3.59. The van der Waals surface area contributed by atoms with Gasteiger partial charge >= 0.3 is 11.4 Å². The highest BCUT2D eigenvalue weighted by molar-refractivity contribution is 7.19. The Labute approximate surface area is 319 Å². The lowest BCUT2D eigenvalue weighted by atomic mass is 10.2. The van der Waals surface area contributed by atoms with Crippen LogP contribution in [0.3, 0.4) is 0 Å². The minimum absolute atomic E-state index is 0.0864. The molecule has 0 saturated heterocycles. The largest absolute Gasteiger partial charge is 0.356 e. The maximum Gasteiger partial charge on any atom is 0.328 e. The fourth-order valence-corrected chi connectivity index (χ4v) is 5.91. The number of nitrogens with zero attached hydrogens (tertiary/aromatic N) is 3. The lowest BCUT2D eigenvalue weighted by Crippen LogP contribution is -2.33. The summed E-state index contributed by atoms with van der Waals surface area (Å²) in [6.45, 7) is 4.26. The number of rotatable bonds is 20. The molecule has 6 N–H and O–H groups in total. The molecule has 0 radical (unpaired) electrons. The van der Waals surface area contributed by atoms with Gasteiger partial charge in [0, 0.05) is 87.3 Å². The highest BCUT2D eigenvalue weighted by atomic mass is 32.1. The number of benzene rings is 1. The number of hydrogen-bond donors (Lipinski definition) is 6. The summed E-state index contributed by atoms with van der Waals surface area (Å²) in [6, 6.07) is 10.8. The van der Waals surface area contributed by atoms with Crippen LogP contribution in [0.5, 0.6) is 0 Å². The standard InChI is InChI=1S/C37H45N9O8S/c1-24-22-45(36(53)43-34(24)51)19-15-28(47)38-17-5-3-7-30(49)41-27-11-9-26(10-12-27)21-40-32-13-14-33(55-32)42-31(50)8-4-6-18-39-29(48)16-20-46-23-25(2)35(52)44-37(46)54/h9-14,21-23H,3-8,15-20H2,1-2H3,(H,38,47)(H,39,48)(H,41,49)(H,42,50)(H,43,51,53)(H,44,52,54)/b40-21+. The number of aromatic nitrogens is 4. The van der Waals surface area contributed by atoms with E-state index in [-0.39, 0.29) is 62.4 Å². The number of aromatic amines is 2. The second-order valence-electron chi connectivity index (χ2n) is 12.8. The van der Waals surface area contributed by atoms with Crippen LogP contribution in [0, 0.1) is 13.8 Å². The van der Waals surface area contributed by atoms with E-state index in [1.165, 1.54) is 32.9 Å². The molecule has 3 aromatic heterocycles. The number of carbonyl (C=O) groups is 4. The van der Waals surface area contributed by atoms with E-state index in [9.17, 15) is 38.4 Å². The average molecular weight is 776 g/mol. The van der Waals surface area contributed by atoms with Gasteiger partial charge in [-0.05, 0) is 69.4 Å². The second-order valence-corrected chi connectivity index (χ2v) is 13.8. The first-order valence-corrected chi connectivity index (χ1v) is 18.7. The predicted octanol–water partition coefficient (Wildman–Crippen LogP) is 2.45. The Bertz CT molecular complexity index is 2230. The van der Waals surface area contributed by atoms with Gasteiger partial charge in [-0.2, -0.15) is 0 Å². The molecular weight excluding hydrogens is 731 g/mol. The zero-order chi connectivity index (χ0) is 39.7. The molecule has 17 nitrogen and oxygen atoms in total. The molecule has 4 aromatic rings. The van der Waals surface area contributed by atoms with Gasteiger partial charge in [0.15, 0.2) is 0 Å². The first-order chi connectivity index (χ1) is 26.4. The molecule has 0 fully saturated rings. The summed E-state index contributed by atoms with van der Waals surface area (Å²) >= 11 is 1.33. The number of hydrogen-bond acceptors (Lipinski definition) is 10. The molecule has 4 rings (SSSR count). The molecular formula is C37H45N9O8S. The van der Waals surface area contributed by atoms with Crippen molar-refractivity contribution in [2.75, 3.05) is 23.7 Å². The summed E-state index contributed by atoms with van der Waals surface area (Å²) in [5, 5.41) is 12.6. The van der Waals surface area contributed by atoms with E-state index in [2.05, 4.69) is 36.2 Å². The van der Waals surface area contributed by atoms with E-state index in [4.69, 9.17) is 0 Å². The Balaban J connectivity index is 1.05. The predicted molar refractivity (Wildman–Crippen MR) is 210 cm³/mol. The molecule has 0 atom stereocenters. The highest BCUT2D eigenvalue weighted by Gasteiger charge is 2.09. The molecule has 0 saturated carbocycles. The summed E-state index contributed by atoms with van der Waals surface area (Å²) in [7, 11) is 0. The summed E-state index contributed by atoms with van der Waals surface area (Å²) in [4.78, 5) is 104. The molecule has 0 unspecified atom stereocenters. The number of thiophene rings is 1. The molecule has 3 heterocycles. The van der Waals surface area contributed by atoms with Crippen molar-refractivity contribution >= 4 is 56.9 Å². The van der Waals surface area contributed by atoms with Crippen molar-refractivity contribution in [3.8, 4) is 0 Å². The molecule has 0 aliphatic carbocycles. The van der Waals surface area contributed by atoms with Crippen LogP contribution in [0.2, 0.25) is 0 Å². The summed E-state index contributed by atoms with van der Waals surface area (Å²) in [5.41, 5.74) is 0.228. The van der Waals surface area contributed by atoms with Crippen LogP contribution in [0.1, 0.15) is 68.1 Å². The number of carbonyl (C=O) groups excluding carboxylic acids is 4. The smallest absolute Gasteiger partial charge is 0.328 e. The van der Waals surface area contributed by atoms with Crippen LogP contribution in [0.25, 0.3) is 0 Å². The van der Waals surface area contributed by atoms with Crippen molar-refractivity contribution in [3.05, 3.63) is 107 Å². The Morgan fingerprint density at radius 2 is 1.16 bits per heavy atom. The first kappa shape index (κ1) is 41.6. The van der Waals surface area contributed by atoms with E-state index in [0.29, 0.717) is 65.6 Å². The summed E-state index contributed by atoms with van der Waals surface area (Å²) < 4.78 is 2.58. The number of aliphatic imine (C=N–C) groups is 1. The van der Waals surface area contributed by atoms with E-state index in [1.807, 2.05) is 12.1 Å². The zero-order valence-electron chi connectivity index (χ0n) is 30.7. The van der Waals surface area contributed by atoms with E-state index < -0.39 is 22.5 Å². The van der Waals surface area contributed by atoms with Crippen LogP contribution in [-0.2, 0) is 32.3 Å². The van der Waals surface area contributed by atoms with Gasteiger partial charge in [0.05, 0.1) is 5.00 Å². The van der Waals surface area contributed by atoms with Crippen LogP contribution in [0.4, 0.5) is 15.7 Å². The quantitative estimate of drug-likeness (QED) is 0.0575. The Hall–Kier alpha value is -6.17. The van der Waals surface area contributed by atoms with E-state index in [1.54, 1.807) is 44.3 Å². The summed E-state index contributed by atoms with van der Waals surface area (Å²) in [6.07, 6.45) is 7.65. The van der Waals surface area contributed by atoms with Gasteiger partial charge in [-0.3, -0.25) is 47.9 Å². The van der Waals surface area contributed by atoms with Gasteiger partial charge in [-0.1, -0.05) is 23.5 Å². The molecule has 4 amide bonds. The van der Waals surface area contributed by atoms with Crippen molar-refractivity contribution in [2.24, 2.45) is 4.99 Å². The minimum atomic E-state index is -0.558. The Kier molecular flexibility index (Phi) is 15.8. The number of anilines is 2. The van der Waals surface area contributed by atoms with Crippen molar-refractivity contribution < 1.29 is 19.2 Å². The topological polar surface area (TPSA) is 238 Å². The van der Waals surface area contributed by atoms with E-state index in [0.717, 1.165) is 5.56 Å². The normalized spacial score (nSPS) is 11.0. The van der Waals surface area contributed by atoms with Crippen LogP contribution in [-0.4, -0.2) is 62.0 Å². The Morgan fingerprint density at radius 3 is 1.69 bits per heavy atom. The fourth-order valence-electron chi connectivity index (χ4n) is 5.15. The van der Waals surface area contributed by atoms with Gasteiger partial charge in [-0.15, -0.1) is 0 Å². The molecule has 292 valence electrons. The molecule has 0 bridgehead atoms. The van der Waals surface area contributed by atoms with E-state index >= 15 is 0 Å².